The first kappa shape index (κ1) is 13.8. The van der Waals surface area contributed by atoms with Gasteiger partial charge in [-0.25, -0.2) is 0 Å². The second-order valence-electron chi connectivity index (χ2n) is 5.04. The number of nitrogens with one attached hydrogen (secondary N) is 1. The Balaban J connectivity index is 1.81. The van der Waals surface area contributed by atoms with Gasteiger partial charge >= 0.3 is 0 Å². The molecule has 0 saturated heterocycles. The molecular formula is C16H11ClN4O2. The molecule has 1 N–H and O–H groups in total. The normalized spacial score (nSPS) is 11.2. The van der Waals surface area contributed by atoms with E-state index in [0.717, 1.165) is 5.56 Å². The summed E-state index contributed by atoms with van der Waals surface area (Å²) in [6, 6.07) is 12.8. The minimum atomic E-state index is -0.127. The lowest BCUT2D eigenvalue weighted by molar-refractivity contribution is 0.0752. The van der Waals surface area contributed by atoms with E-state index in [-0.39, 0.29) is 5.43 Å². The zero-order chi connectivity index (χ0) is 15.8. The first-order valence-corrected chi connectivity index (χ1v) is 7.34. The van der Waals surface area contributed by atoms with Crippen LogP contribution in [0.5, 0.6) is 0 Å². The van der Waals surface area contributed by atoms with Crippen molar-refractivity contribution in [3.8, 4) is 0 Å². The Morgan fingerprint density at radius 1 is 1.22 bits per heavy atom. The highest BCUT2D eigenvalue weighted by Gasteiger charge is 2.14. The summed E-state index contributed by atoms with van der Waals surface area (Å²) in [5.41, 5.74) is 2.45. The molecule has 4 aromatic rings. The SMILES string of the molecule is O=c1cc[nH]c2c(Cl)c3nnn(OCc4ccccc4)c3cc12. The molecule has 0 aliphatic carbocycles. The van der Waals surface area contributed by atoms with Gasteiger partial charge in [0.15, 0.2) is 5.43 Å². The topological polar surface area (TPSA) is 72.8 Å². The van der Waals surface area contributed by atoms with Gasteiger partial charge in [0.25, 0.3) is 0 Å². The fourth-order valence-corrected chi connectivity index (χ4v) is 2.72. The highest BCUT2D eigenvalue weighted by Crippen LogP contribution is 2.27. The monoisotopic (exact) mass is 326 g/mol. The van der Waals surface area contributed by atoms with E-state index in [2.05, 4.69) is 15.3 Å². The number of hydrogen-bond acceptors (Lipinski definition) is 4. The van der Waals surface area contributed by atoms with Crippen molar-refractivity contribution in [2.75, 3.05) is 0 Å². The second-order valence-corrected chi connectivity index (χ2v) is 5.42. The molecule has 0 radical (unpaired) electrons. The molecule has 0 spiro atoms. The summed E-state index contributed by atoms with van der Waals surface area (Å²) in [5.74, 6) is 0. The molecule has 4 rings (SSSR count). The number of rotatable bonds is 3. The zero-order valence-corrected chi connectivity index (χ0v) is 12.6. The van der Waals surface area contributed by atoms with Crippen molar-refractivity contribution < 1.29 is 4.84 Å². The van der Waals surface area contributed by atoms with Crippen molar-refractivity contribution in [1.82, 2.24) is 20.1 Å². The van der Waals surface area contributed by atoms with Crippen LogP contribution >= 0.6 is 11.6 Å². The largest absolute Gasteiger partial charge is 0.390 e. The first-order chi connectivity index (χ1) is 11.2. The van der Waals surface area contributed by atoms with Crippen LogP contribution in [0.25, 0.3) is 21.9 Å². The summed E-state index contributed by atoms with van der Waals surface area (Å²) in [6.45, 7) is 0.333. The van der Waals surface area contributed by atoms with E-state index < -0.39 is 0 Å². The van der Waals surface area contributed by atoms with E-state index in [1.54, 1.807) is 12.3 Å². The average molecular weight is 327 g/mol. The van der Waals surface area contributed by atoms with Crippen LogP contribution in [0.2, 0.25) is 5.02 Å². The number of H-pyrrole nitrogens is 1. The van der Waals surface area contributed by atoms with Crippen LogP contribution in [0.1, 0.15) is 5.56 Å². The molecule has 2 heterocycles. The number of benzene rings is 2. The fraction of sp³-hybridized carbons (Fsp3) is 0.0625. The van der Waals surface area contributed by atoms with Gasteiger partial charge in [-0.05, 0) is 16.8 Å². The number of hydrogen-bond donors (Lipinski definition) is 1. The average Bonchev–Trinajstić information content (AvgIpc) is 2.99. The third kappa shape index (κ3) is 2.33. The molecule has 0 unspecified atom stereocenters. The number of pyridine rings is 1. The number of fused-ring (bicyclic) bond motifs is 2. The second kappa shape index (κ2) is 5.40. The van der Waals surface area contributed by atoms with Crippen molar-refractivity contribution in [1.29, 1.82) is 0 Å². The maximum Gasteiger partial charge on any atom is 0.189 e. The van der Waals surface area contributed by atoms with Gasteiger partial charge in [0.1, 0.15) is 17.6 Å². The van der Waals surface area contributed by atoms with E-state index >= 15 is 0 Å². The van der Waals surface area contributed by atoms with E-state index in [4.69, 9.17) is 16.4 Å². The Bertz CT molecular complexity index is 1060. The Hall–Kier alpha value is -2.86. The maximum absolute atomic E-state index is 12.0. The molecule has 0 saturated carbocycles. The van der Waals surface area contributed by atoms with Crippen LogP contribution in [-0.4, -0.2) is 20.1 Å². The van der Waals surface area contributed by atoms with Crippen molar-refractivity contribution in [2.45, 2.75) is 6.61 Å². The molecular weight excluding hydrogens is 316 g/mol. The zero-order valence-electron chi connectivity index (χ0n) is 11.9. The summed E-state index contributed by atoms with van der Waals surface area (Å²) in [6.07, 6.45) is 1.55. The van der Waals surface area contributed by atoms with Gasteiger partial charge in [-0.1, -0.05) is 46.8 Å². The van der Waals surface area contributed by atoms with Gasteiger partial charge in [0.2, 0.25) is 0 Å². The van der Waals surface area contributed by atoms with Crippen LogP contribution in [0.15, 0.2) is 53.5 Å². The lowest BCUT2D eigenvalue weighted by Crippen LogP contribution is -2.13. The predicted octanol–water partition coefficient (Wildman–Crippen LogP) is 2.56. The Morgan fingerprint density at radius 2 is 2.04 bits per heavy atom. The fourth-order valence-electron chi connectivity index (χ4n) is 2.43. The van der Waals surface area contributed by atoms with Crippen molar-refractivity contribution >= 4 is 33.5 Å². The first-order valence-electron chi connectivity index (χ1n) is 6.96. The third-order valence-corrected chi connectivity index (χ3v) is 3.94. The van der Waals surface area contributed by atoms with Gasteiger partial charge in [-0.2, -0.15) is 0 Å². The molecule has 0 fully saturated rings. The van der Waals surface area contributed by atoms with Gasteiger partial charge < -0.3 is 9.82 Å². The van der Waals surface area contributed by atoms with Crippen LogP contribution in [0, 0.1) is 0 Å². The Kier molecular flexibility index (Phi) is 3.24. The standard InChI is InChI=1S/C16H11ClN4O2/c17-14-15-11(13(22)6-7-18-15)8-12-16(14)19-20-21(12)23-9-10-4-2-1-3-5-10/h1-8H,9H2,(H,18,22). The highest BCUT2D eigenvalue weighted by atomic mass is 35.5. The smallest absolute Gasteiger partial charge is 0.189 e. The van der Waals surface area contributed by atoms with Gasteiger partial charge in [0.05, 0.1) is 10.5 Å². The predicted molar refractivity (Wildman–Crippen MR) is 87.4 cm³/mol. The number of halogens is 1. The van der Waals surface area contributed by atoms with Gasteiger partial charge in [-0.3, -0.25) is 4.79 Å². The summed E-state index contributed by atoms with van der Waals surface area (Å²) in [5, 5.41) is 8.83. The molecule has 114 valence electrons. The molecule has 6 nitrogen and oxygen atoms in total. The maximum atomic E-state index is 12.0. The molecule has 0 atom stereocenters. The molecule has 2 aromatic carbocycles. The molecule has 2 aromatic heterocycles. The minimum Gasteiger partial charge on any atom is -0.390 e. The summed E-state index contributed by atoms with van der Waals surface area (Å²) >= 11 is 6.34. The Morgan fingerprint density at radius 3 is 2.87 bits per heavy atom. The molecule has 0 aliphatic rings. The van der Waals surface area contributed by atoms with E-state index in [0.29, 0.717) is 33.6 Å². The van der Waals surface area contributed by atoms with Crippen molar-refractivity contribution in [3.63, 3.8) is 0 Å². The number of nitrogens with zero attached hydrogens (tertiary/aromatic N) is 3. The number of aromatic amines is 1. The van der Waals surface area contributed by atoms with E-state index in [1.165, 1.54) is 10.9 Å². The van der Waals surface area contributed by atoms with Gasteiger partial charge in [0, 0.05) is 17.6 Å². The molecule has 0 bridgehead atoms. The van der Waals surface area contributed by atoms with Crippen LogP contribution in [0.4, 0.5) is 0 Å². The van der Waals surface area contributed by atoms with Gasteiger partial charge in [-0.15, -0.1) is 5.10 Å². The molecule has 23 heavy (non-hydrogen) atoms. The lowest BCUT2D eigenvalue weighted by atomic mass is 10.2. The van der Waals surface area contributed by atoms with Crippen molar-refractivity contribution in [2.24, 2.45) is 0 Å². The molecule has 0 aliphatic heterocycles. The van der Waals surface area contributed by atoms with E-state index in [9.17, 15) is 4.79 Å². The Labute approximate surface area is 135 Å². The quantitative estimate of drug-likeness (QED) is 0.628. The van der Waals surface area contributed by atoms with Crippen LogP contribution in [0.3, 0.4) is 0 Å². The van der Waals surface area contributed by atoms with Crippen LogP contribution < -0.4 is 10.3 Å². The molecule has 7 heteroatoms. The lowest BCUT2D eigenvalue weighted by Gasteiger charge is -2.06. The van der Waals surface area contributed by atoms with Crippen molar-refractivity contribution in [3.05, 3.63) is 69.5 Å². The minimum absolute atomic E-state index is 0.127. The summed E-state index contributed by atoms with van der Waals surface area (Å²) < 4.78 is 0. The number of aromatic nitrogens is 4. The van der Waals surface area contributed by atoms with E-state index in [1.807, 2.05) is 30.3 Å². The third-order valence-electron chi connectivity index (χ3n) is 3.58. The highest BCUT2D eigenvalue weighted by molar-refractivity contribution is 6.39. The summed E-state index contributed by atoms with van der Waals surface area (Å²) in [7, 11) is 0. The van der Waals surface area contributed by atoms with Crippen LogP contribution in [-0.2, 0) is 6.61 Å². The summed E-state index contributed by atoms with van der Waals surface area (Å²) in [4.78, 5) is 21.9. The molecule has 0 amide bonds.